The molecule has 1 aromatic heterocycles. The lowest BCUT2D eigenvalue weighted by Crippen LogP contribution is -2.27. The van der Waals surface area contributed by atoms with Crippen LogP contribution in [0.1, 0.15) is 13.8 Å². The fourth-order valence-electron chi connectivity index (χ4n) is 2.24. The molecule has 1 aliphatic rings. The molecule has 1 atom stereocenters. The number of ether oxygens (including phenoxy) is 2. The first-order valence-electron chi connectivity index (χ1n) is 6.70. The summed E-state index contributed by atoms with van der Waals surface area (Å²) in [7, 11) is 0. The molecule has 1 aliphatic heterocycles. The van der Waals surface area contributed by atoms with Crippen molar-refractivity contribution in [2.24, 2.45) is 5.92 Å². The van der Waals surface area contributed by atoms with Gasteiger partial charge in [0.1, 0.15) is 5.82 Å². The Hall–Kier alpha value is -1.68. The number of fused-ring (bicyclic) bond motifs is 2. The summed E-state index contributed by atoms with van der Waals surface area (Å²) in [5.74, 6) is 3.35. The van der Waals surface area contributed by atoms with Crippen molar-refractivity contribution in [2.45, 2.75) is 19.9 Å². The minimum Gasteiger partial charge on any atom is -0.454 e. The zero-order valence-electron chi connectivity index (χ0n) is 11.5. The van der Waals surface area contributed by atoms with Crippen LogP contribution in [0.5, 0.6) is 11.5 Å². The highest BCUT2D eigenvalue weighted by Gasteiger charge is 2.18. The number of alkyl halides is 1. The monoisotopic (exact) mass is 292 g/mol. The number of anilines is 1. The minimum atomic E-state index is 0.181. The van der Waals surface area contributed by atoms with Gasteiger partial charge >= 0.3 is 0 Å². The molecule has 0 spiro atoms. The minimum absolute atomic E-state index is 0.181. The van der Waals surface area contributed by atoms with Gasteiger partial charge in [-0.1, -0.05) is 13.8 Å². The maximum atomic E-state index is 6.02. The number of benzene rings is 1. The summed E-state index contributed by atoms with van der Waals surface area (Å²) in [5.41, 5.74) is 0. The number of aromatic nitrogens is 1. The predicted octanol–water partition coefficient (Wildman–Crippen LogP) is 3.64. The maximum Gasteiger partial charge on any atom is 0.231 e. The van der Waals surface area contributed by atoms with Crippen LogP contribution in [0, 0.1) is 5.92 Å². The van der Waals surface area contributed by atoms with Gasteiger partial charge in [0.25, 0.3) is 0 Å². The highest BCUT2D eigenvalue weighted by molar-refractivity contribution is 6.18. The third kappa shape index (κ3) is 2.36. The van der Waals surface area contributed by atoms with E-state index < -0.39 is 0 Å². The number of rotatable bonds is 4. The van der Waals surface area contributed by atoms with Crippen molar-refractivity contribution in [3.63, 3.8) is 0 Å². The second-order valence-corrected chi connectivity index (χ2v) is 5.54. The van der Waals surface area contributed by atoms with E-state index in [4.69, 9.17) is 21.1 Å². The molecule has 2 heterocycles. The lowest BCUT2D eigenvalue weighted by atomic mass is 10.1. The van der Waals surface area contributed by atoms with E-state index in [1.807, 2.05) is 18.2 Å². The third-order valence-corrected chi connectivity index (χ3v) is 3.88. The fraction of sp³-hybridized carbons (Fsp3) is 0.400. The van der Waals surface area contributed by atoms with Crippen molar-refractivity contribution >= 4 is 28.2 Å². The SMILES string of the molecule is CC(C)C(CCl)Nc1nccc2cc3c(cc12)OCO3. The van der Waals surface area contributed by atoms with Crippen LogP contribution in [-0.4, -0.2) is 23.7 Å². The molecule has 0 saturated carbocycles. The van der Waals surface area contributed by atoms with Gasteiger partial charge in [0, 0.05) is 23.5 Å². The van der Waals surface area contributed by atoms with E-state index in [0.29, 0.717) is 11.8 Å². The summed E-state index contributed by atoms with van der Waals surface area (Å²) in [4.78, 5) is 4.44. The van der Waals surface area contributed by atoms with Crippen LogP contribution in [-0.2, 0) is 0 Å². The quantitative estimate of drug-likeness (QED) is 0.874. The number of pyridine rings is 1. The van der Waals surface area contributed by atoms with E-state index in [1.54, 1.807) is 6.20 Å². The molecular formula is C15H17ClN2O2. The van der Waals surface area contributed by atoms with Crippen LogP contribution in [0.4, 0.5) is 5.82 Å². The van der Waals surface area contributed by atoms with Gasteiger partial charge in [0.05, 0.1) is 0 Å². The van der Waals surface area contributed by atoms with Gasteiger partial charge in [-0.15, -0.1) is 11.6 Å². The fourth-order valence-corrected chi connectivity index (χ4v) is 2.67. The summed E-state index contributed by atoms with van der Waals surface area (Å²) in [6, 6.07) is 6.10. The topological polar surface area (TPSA) is 43.4 Å². The van der Waals surface area contributed by atoms with E-state index in [1.165, 1.54) is 0 Å². The van der Waals surface area contributed by atoms with Crippen molar-refractivity contribution in [1.29, 1.82) is 0 Å². The van der Waals surface area contributed by atoms with Crippen LogP contribution in [0.25, 0.3) is 10.8 Å². The van der Waals surface area contributed by atoms with E-state index in [0.717, 1.165) is 28.1 Å². The van der Waals surface area contributed by atoms with Gasteiger partial charge in [-0.05, 0) is 29.5 Å². The zero-order valence-corrected chi connectivity index (χ0v) is 12.3. The van der Waals surface area contributed by atoms with Gasteiger partial charge in [0.2, 0.25) is 6.79 Å². The predicted molar refractivity (Wildman–Crippen MR) is 80.8 cm³/mol. The molecule has 0 bridgehead atoms. The van der Waals surface area contributed by atoms with Crippen molar-refractivity contribution in [2.75, 3.05) is 18.0 Å². The van der Waals surface area contributed by atoms with Crippen LogP contribution < -0.4 is 14.8 Å². The Bertz CT molecular complexity index is 631. The van der Waals surface area contributed by atoms with Crippen molar-refractivity contribution in [1.82, 2.24) is 4.98 Å². The average Bonchev–Trinajstić information content (AvgIpc) is 2.89. The van der Waals surface area contributed by atoms with E-state index in [-0.39, 0.29) is 12.8 Å². The molecule has 1 unspecified atom stereocenters. The molecule has 106 valence electrons. The first-order chi connectivity index (χ1) is 9.69. The lowest BCUT2D eigenvalue weighted by Gasteiger charge is -2.21. The molecule has 1 aromatic carbocycles. The standard InChI is InChI=1S/C15H17ClN2O2/c1-9(2)12(7-16)18-15-11-6-14-13(19-8-20-14)5-10(11)3-4-17-15/h3-6,9,12H,7-8H2,1-2H3,(H,17,18). The largest absolute Gasteiger partial charge is 0.454 e. The van der Waals surface area contributed by atoms with Crippen LogP contribution in [0.15, 0.2) is 24.4 Å². The van der Waals surface area contributed by atoms with Gasteiger partial charge in [0.15, 0.2) is 11.5 Å². The Morgan fingerprint density at radius 2 is 2.05 bits per heavy atom. The molecule has 3 rings (SSSR count). The molecule has 0 amide bonds. The highest BCUT2D eigenvalue weighted by Crippen LogP contribution is 2.38. The summed E-state index contributed by atoms with van der Waals surface area (Å²) < 4.78 is 10.8. The number of nitrogens with one attached hydrogen (secondary N) is 1. The van der Waals surface area contributed by atoms with Crippen molar-refractivity contribution < 1.29 is 9.47 Å². The Morgan fingerprint density at radius 3 is 2.75 bits per heavy atom. The van der Waals surface area contributed by atoms with Gasteiger partial charge in [-0.25, -0.2) is 4.98 Å². The Kier molecular flexibility index (Phi) is 3.57. The molecular weight excluding hydrogens is 276 g/mol. The normalized spacial score (nSPS) is 14.8. The van der Waals surface area contributed by atoms with Crippen LogP contribution >= 0.6 is 11.6 Å². The van der Waals surface area contributed by atoms with E-state index in [9.17, 15) is 0 Å². The molecule has 0 aliphatic carbocycles. The highest BCUT2D eigenvalue weighted by atomic mass is 35.5. The molecule has 0 fully saturated rings. The van der Waals surface area contributed by atoms with Crippen LogP contribution in [0.3, 0.4) is 0 Å². The number of hydrogen-bond acceptors (Lipinski definition) is 4. The number of hydrogen-bond donors (Lipinski definition) is 1. The first kappa shape index (κ1) is 13.3. The second-order valence-electron chi connectivity index (χ2n) is 5.24. The third-order valence-electron chi connectivity index (χ3n) is 3.55. The van der Waals surface area contributed by atoms with Gasteiger partial charge in [-0.3, -0.25) is 0 Å². The summed E-state index contributed by atoms with van der Waals surface area (Å²) >= 11 is 6.02. The summed E-state index contributed by atoms with van der Waals surface area (Å²) in [5, 5.41) is 5.52. The smallest absolute Gasteiger partial charge is 0.231 e. The maximum absolute atomic E-state index is 6.02. The van der Waals surface area contributed by atoms with Crippen LogP contribution in [0.2, 0.25) is 0 Å². The van der Waals surface area contributed by atoms with Crippen molar-refractivity contribution in [3.8, 4) is 11.5 Å². The molecule has 0 saturated heterocycles. The Labute approximate surface area is 123 Å². The molecule has 2 aromatic rings. The van der Waals surface area contributed by atoms with Gasteiger partial charge < -0.3 is 14.8 Å². The molecule has 0 radical (unpaired) electrons. The summed E-state index contributed by atoms with van der Waals surface area (Å²) in [6.45, 7) is 4.55. The van der Waals surface area contributed by atoms with E-state index in [2.05, 4.69) is 24.1 Å². The van der Waals surface area contributed by atoms with Crippen molar-refractivity contribution in [3.05, 3.63) is 24.4 Å². The van der Waals surface area contributed by atoms with Gasteiger partial charge in [-0.2, -0.15) is 0 Å². The molecule has 20 heavy (non-hydrogen) atoms. The Balaban J connectivity index is 2.02. The Morgan fingerprint density at radius 1 is 1.30 bits per heavy atom. The number of nitrogens with zero attached hydrogens (tertiary/aromatic N) is 1. The second kappa shape index (κ2) is 5.37. The first-order valence-corrected chi connectivity index (χ1v) is 7.23. The summed E-state index contributed by atoms with van der Waals surface area (Å²) in [6.07, 6.45) is 1.79. The lowest BCUT2D eigenvalue weighted by molar-refractivity contribution is 0.174. The number of halogens is 1. The molecule has 1 N–H and O–H groups in total. The average molecular weight is 293 g/mol. The molecule has 4 nitrogen and oxygen atoms in total. The molecule has 5 heteroatoms. The zero-order chi connectivity index (χ0) is 14.1. The van der Waals surface area contributed by atoms with E-state index >= 15 is 0 Å².